The number of aromatic nitrogens is 2. The summed E-state index contributed by atoms with van der Waals surface area (Å²) in [6, 6.07) is 11.7. The van der Waals surface area contributed by atoms with Crippen LogP contribution < -0.4 is 0 Å². The van der Waals surface area contributed by atoms with E-state index in [9.17, 15) is 5.11 Å². The summed E-state index contributed by atoms with van der Waals surface area (Å²) in [5, 5.41) is 19.1. The molecular weight excluding hydrogens is 312 g/mol. The summed E-state index contributed by atoms with van der Waals surface area (Å²) < 4.78 is 0. The van der Waals surface area contributed by atoms with Crippen molar-refractivity contribution in [1.29, 1.82) is 0 Å². The van der Waals surface area contributed by atoms with E-state index in [1.807, 2.05) is 36.4 Å². The topological polar surface area (TPSA) is 70.7 Å². The van der Waals surface area contributed by atoms with E-state index in [4.69, 9.17) is 0 Å². The molecule has 3 heterocycles. The van der Waals surface area contributed by atoms with E-state index in [1.54, 1.807) is 12.4 Å². The summed E-state index contributed by atoms with van der Waals surface area (Å²) in [5.74, 6) is 0.0827. The molecule has 2 aliphatic rings. The first kappa shape index (κ1) is 15.8. The number of aliphatic hydroxyl groups excluding tert-OH is 1. The molecule has 0 radical (unpaired) electrons. The second kappa shape index (κ2) is 7.07. The lowest BCUT2D eigenvalue weighted by Gasteiger charge is -2.28. The van der Waals surface area contributed by atoms with Crippen molar-refractivity contribution in [1.82, 2.24) is 9.97 Å². The van der Waals surface area contributed by atoms with Gasteiger partial charge in [-0.1, -0.05) is 18.2 Å². The number of nitrogens with zero attached hydrogens (tertiary/aromatic N) is 4. The van der Waals surface area contributed by atoms with E-state index in [2.05, 4.69) is 26.2 Å². The Bertz CT molecular complexity index is 827. The average Bonchev–Trinajstić information content (AvgIpc) is 2.66. The lowest BCUT2D eigenvalue weighted by Crippen LogP contribution is -2.30. The molecule has 25 heavy (non-hydrogen) atoms. The summed E-state index contributed by atoms with van der Waals surface area (Å²) in [6.07, 6.45) is 8.67. The van der Waals surface area contributed by atoms with E-state index < -0.39 is 0 Å². The molecule has 2 aromatic heterocycles. The molecule has 5 nitrogen and oxygen atoms in total. The zero-order chi connectivity index (χ0) is 17.1. The molecule has 2 unspecified atom stereocenters. The minimum absolute atomic E-state index is 0.0827. The highest BCUT2D eigenvalue weighted by atomic mass is 16.3. The predicted molar refractivity (Wildman–Crippen MR) is 97.6 cm³/mol. The minimum atomic E-state index is -0.264. The van der Waals surface area contributed by atoms with E-state index in [0.717, 1.165) is 54.1 Å². The molecule has 1 aliphatic carbocycles. The monoisotopic (exact) mass is 332 g/mol. The van der Waals surface area contributed by atoms with Crippen molar-refractivity contribution in [2.75, 3.05) is 0 Å². The Hall–Kier alpha value is -2.66. The van der Waals surface area contributed by atoms with Gasteiger partial charge in [0.25, 0.3) is 0 Å². The fraction of sp³-hybridized carbons (Fsp3) is 0.300. The zero-order valence-electron chi connectivity index (χ0n) is 13.9. The summed E-state index contributed by atoms with van der Waals surface area (Å²) in [4.78, 5) is 8.91. The van der Waals surface area contributed by atoms with E-state index in [-0.39, 0.29) is 12.0 Å². The SMILES string of the molecule is OC1CC/C=C2/C(c3ccccn3)=NN=C(c3ccccn3)C2CC1. The van der Waals surface area contributed by atoms with Crippen molar-refractivity contribution in [2.24, 2.45) is 16.1 Å². The largest absolute Gasteiger partial charge is 0.393 e. The molecule has 4 rings (SSSR count). The van der Waals surface area contributed by atoms with Gasteiger partial charge in [0.05, 0.1) is 23.2 Å². The van der Waals surface area contributed by atoms with Crippen LogP contribution in [0.1, 0.15) is 37.1 Å². The molecular formula is C20H20N4O. The van der Waals surface area contributed by atoms with Gasteiger partial charge in [0.15, 0.2) is 0 Å². The molecule has 0 spiro atoms. The van der Waals surface area contributed by atoms with Gasteiger partial charge < -0.3 is 5.11 Å². The maximum atomic E-state index is 10.1. The lowest BCUT2D eigenvalue weighted by molar-refractivity contribution is 0.149. The Labute approximate surface area is 146 Å². The van der Waals surface area contributed by atoms with Gasteiger partial charge in [-0.25, -0.2) is 0 Å². The summed E-state index contributed by atoms with van der Waals surface area (Å²) in [5.41, 5.74) is 4.55. The number of rotatable bonds is 2. The Morgan fingerprint density at radius 1 is 0.840 bits per heavy atom. The van der Waals surface area contributed by atoms with E-state index in [0.29, 0.717) is 0 Å². The van der Waals surface area contributed by atoms with Crippen LogP contribution in [0.2, 0.25) is 0 Å². The smallest absolute Gasteiger partial charge is 0.115 e. The van der Waals surface area contributed by atoms with Crippen molar-refractivity contribution in [2.45, 2.75) is 31.8 Å². The standard InChI is InChI=1S/C20H20N4O/c25-14-6-5-7-15-16(11-10-14)20(18-9-2-4-13-22-18)24-23-19(15)17-8-1-3-12-21-17/h1-4,7-9,12-14,16,25H,5-6,10-11H2/b15-7+. The lowest BCUT2D eigenvalue weighted by atomic mass is 9.80. The molecule has 0 saturated heterocycles. The Kier molecular flexibility index (Phi) is 4.48. The van der Waals surface area contributed by atoms with Crippen LogP contribution in [0.3, 0.4) is 0 Å². The van der Waals surface area contributed by atoms with E-state index in [1.165, 1.54) is 0 Å². The first-order valence-electron chi connectivity index (χ1n) is 8.70. The van der Waals surface area contributed by atoms with Crippen molar-refractivity contribution in [3.8, 4) is 0 Å². The van der Waals surface area contributed by atoms with Crippen molar-refractivity contribution < 1.29 is 5.11 Å². The van der Waals surface area contributed by atoms with Crippen LogP contribution in [0.5, 0.6) is 0 Å². The maximum absolute atomic E-state index is 10.1. The molecule has 126 valence electrons. The first-order chi connectivity index (χ1) is 12.3. The van der Waals surface area contributed by atoms with E-state index >= 15 is 0 Å². The van der Waals surface area contributed by atoms with Gasteiger partial charge in [0.1, 0.15) is 5.71 Å². The highest BCUT2D eigenvalue weighted by Gasteiger charge is 2.32. The highest BCUT2D eigenvalue weighted by Crippen LogP contribution is 2.32. The molecule has 1 N–H and O–H groups in total. The van der Waals surface area contributed by atoms with Gasteiger partial charge in [-0.3, -0.25) is 9.97 Å². The van der Waals surface area contributed by atoms with Crippen molar-refractivity contribution in [3.05, 3.63) is 71.8 Å². The summed E-state index contributed by atoms with van der Waals surface area (Å²) >= 11 is 0. The fourth-order valence-electron chi connectivity index (χ4n) is 3.46. The molecule has 0 bridgehead atoms. The Morgan fingerprint density at radius 3 is 2.32 bits per heavy atom. The maximum Gasteiger partial charge on any atom is 0.115 e. The van der Waals surface area contributed by atoms with Crippen LogP contribution in [-0.2, 0) is 0 Å². The van der Waals surface area contributed by atoms with Crippen LogP contribution in [0.4, 0.5) is 0 Å². The highest BCUT2D eigenvalue weighted by molar-refractivity contribution is 6.19. The number of allylic oxidation sites excluding steroid dienone is 2. The zero-order valence-corrected chi connectivity index (χ0v) is 13.9. The number of fused-ring (bicyclic) bond motifs is 1. The summed E-state index contributed by atoms with van der Waals surface area (Å²) in [7, 11) is 0. The van der Waals surface area contributed by atoms with Crippen LogP contribution in [0, 0.1) is 5.92 Å². The third kappa shape index (κ3) is 3.28. The molecule has 2 aromatic rings. The van der Waals surface area contributed by atoms with Crippen molar-refractivity contribution in [3.63, 3.8) is 0 Å². The van der Waals surface area contributed by atoms with Gasteiger partial charge in [0, 0.05) is 18.3 Å². The predicted octanol–water partition coefficient (Wildman–Crippen LogP) is 3.16. The molecule has 0 fully saturated rings. The third-order valence-electron chi connectivity index (χ3n) is 4.72. The number of aliphatic hydroxyl groups is 1. The average molecular weight is 332 g/mol. The summed E-state index contributed by atoms with van der Waals surface area (Å²) in [6.45, 7) is 0. The van der Waals surface area contributed by atoms with Gasteiger partial charge in [-0.05, 0) is 55.5 Å². The van der Waals surface area contributed by atoms with Crippen molar-refractivity contribution >= 4 is 11.4 Å². The normalized spacial score (nSPS) is 25.6. The first-order valence-corrected chi connectivity index (χ1v) is 8.70. The van der Waals surface area contributed by atoms with Crippen LogP contribution in [-0.4, -0.2) is 32.6 Å². The Morgan fingerprint density at radius 2 is 1.60 bits per heavy atom. The second-order valence-corrected chi connectivity index (χ2v) is 6.38. The second-order valence-electron chi connectivity index (χ2n) is 6.38. The molecule has 5 heteroatoms. The number of pyridine rings is 2. The van der Waals surface area contributed by atoms with Gasteiger partial charge in [0.2, 0.25) is 0 Å². The molecule has 0 aromatic carbocycles. The van der Waals surface area contributed by atoms with Gasteiger partial charge in [-0.2, -0.15) is 5.10 Å². The minimum Gasteiger partial charge on any atom is -0.393 e. The third-order valence-corrected chi connectivity index (χ3v) is 4.72. The Balaban J connectivity index is 1.82. The van der Waals surface area contributed by atoms with Crippen LogP contribution >= 0.6 is 0 Å². The number of hydrogen-bond donors (Lipinski definition) is 1. The molecule has 0 saturated carbocycles. The van der Waals surface area contributed by atoms with Gasteiger partial charge in [-0.15, -0.1) is 5.10 Å². The van der Waals surface area contributed by atoms with Crippen LogP contribution in [0.15, 0.2) is 70.6 Å². The van der Waals surface area contributed by atoms with Gasteiger partial charge >= 0.3 is 0 Å². The fourth-order valence-corrected chi connectivity index (χ4v) is 3.46. The van der Waals surface area contributed by atoms with Crippen LogP contribution in [0.25, 0.3) is 0 Å². The molecule has 0 amide bonds. The number of hydrogen-bond acceptors (Lipinski definition) is 5. The molecule has 1 aliphatic heterocycles. The quantitative estimate of drug-likeness (QED) is 0.918. The molecule has 2 atom stereocenters.